The normalized spacial score (nSPS) is 16.9. The highest BCUT2D eigenvalue weighted by molar-refractivity contribution is 5.97. The van der Waals surface area contributed by atoms with Crippen molar-refractivity contribution < 1.29 is 58.8 Å². The predicted molar refractivity (Wildman–Crippen MR) is 184 cm³/mol. The second-order valence-electron chi connectivity index (χ2n) is 12.9. The van der Waals surface area contributed by atoms with E-state index in [0.717, 1.165) is 0 Å². The molecule has 0 spiro atoms. The molecular weight excluding hydrogens is 690 g/mol. The zero-order chi connectivity index (χ0) is 40.5. The van der Waals surface area contributed by atoms with Crippen LogP contribution < -0.4 is 48.7 Å². The van der Waals surface area contributed by atoms with Crippen molar-refractivity contribution in [3.05, 3.63) is 0 Å². The van der Waals surface area contributed by atoms with E-state index in [0.29, 0.717) is 12.8 Å². The molecule has 0 rings (SSSR count). The van der Waals surface area contributed by atoms with Crippen molar-refractivity contribution in [2.24, 2.45) is 17.4 Å². The van der Waals surface area contributed by atoms with Crippen LogP contribution in [0.15, 0.2) is 0 Å². The molecule has 0 unspecified atom stereocenters. The topological polar surface area (TPSA) is 354 Å². The fourth-order valence-corrected chi connectivity index (χ4v) is 4.36. The number of nitrogens with two attached hydrogens (primary N) is 2. The number of aliphatic carboxylic acids is 1. The first kappa shape index (κ1) is 47.6. The summed E-state index contributed by atoms with van der Waals surface area (Å²) in [5.74, 6) is -8.10. The third-order valence-corrected chi connectivity index (χ3v) is 7.70. The van der Waals surface area contributed by atoms with Crippen molar-refractivity contribution >= 4 is 47.3 Å². The summed E-state index contributed by atoms with van der Waals surface area (Å²) in [6.07, 6.45) is -3.25. The standard InChI is InChI=1S/C31H57N9O12/c1-13(2)22(28(48)40-23(17(6)42)29(49)35-14(3)25(45)36-15(4)31(51)52)38-20(44)12-34-26(46)19(10-8-9-11-32)37-30(50)24(18(7)43)39-27(47)21(33)16(5)41/h13-19,21-24,41-43H,8-12,32-33H2,1-7H3,(H,34,46)(H,35,49)(H,36,45)(H,37,50)(H,38,44)(H,39,47)(H,40,48)(H,51,52)/t14-,15-,16+,17+,18+,19-,21-,22-,23-,24-/m0/s1. The van der Waals surface area contributed by atoms with Crippen molar-refractivity contribution in [2.45, 2.75) is 128 Å². The molecule has 21 nitrogen and oxygen atoms in total. The summed E-state index contributed by atoms with van der Waals surface area (Å²) < 4.78 is 0. The average Bonchev–Trinajstić information content (AvgIpc) is 3.05. The van der Waals surface area contributed by atoms with Crippen molar-refractivity contribution in [2.75, 3.05) is 13.1 Å². The van der Waals surface area contributed by atoms with Crippen LogP contribution in [0.5, 0.6) is 0 Å². The molecular formula is C31H57N9O12. The number of unbranched alkanes of at least 4 members (excludes halogenated alkanes) is 1. The van der Waals surface area contributed by atoms with Gasteiger partial charge in [-0.05, 0) is 66.3 Å². The number of carbonyl (C=O) groups is 8. The number of hydrogen-bond donors (Lipinski definition) is 13. The van der Waals surface area contributed by atoms with E-state index < -0.39 is 120 Å². The van der Waals surface area contributed by atoms with E-state index in [4.69, 9.17) is 16.6 Å². The Kier molecular flexibility index (Phi) is 21.2. The molecule has 0 aliphatic rings. The van der Waals surface area contributed by atoms with Crippen molar-refractivity contribution in [3.63, 3.8) is 0 Å². The number of aliphatic hydroxyl groups is 3. The highest BCUT2D eigenvalue weighted by Gasteiger charge is 2.34. The molecule has 52 heavy (non-hydrogen) atoms. The maximum atomic E-state index is 13.2. The van der Waals surface area contributed by atoms with Crippen LogP contribution >= 0.6 is 0 Å². The van der Waals surface area contributed by atoms with Crippen LogP contribution in [0.25, 0.3) is 0 Å². The Bertz CT molecular complexity index is 1250. The van der Waals surface area contributed by atoms with Gasteiger partial charge in [0.1, 0.15) is 42.3 Å². The molecule has 0 aliphatic heterocycles. The van der Waals surface area contributed by atoms with Crippen LogP contribution in [-0.2, 0) is 38.4 Å². The molecule has 0 fully saturated rings. The number of aliphatic hydroxyl groups excluding tert-OH is 3. The third kappa shape index (κ3) is 16.7. The van der Waals surface area contributed by atoms with Gasteiger partial charge in [-0.3, -0.25) is 38.4 Å². The summed E-state index contributed by atoms with van der Waals surface area (Å²) in [4.78, 5) is 101. The van der Waals surface area contributed by atoms with E-state index in [1.54, 1.807) is 13.8 Å². The van der Waals surface area contributed by atoms with Crippen LogP contribution in [-0.4, -0.2) is 141 Å². The summed E-state index contributed by atoms with van der Waals surface area (Å²) in [5, 5.41) is 55.2. The zero-order valence-electron chi connectivity index (χ0n) is 30.6. The van der Waals surface area contributed by atoms with Crippen LogP contribution in [0, 0.1) is 5.92 Å². The highest BCUT2D eigenvalue weighted by atomic mass is 16.4. The van der Waals surface area contributed by atoms with Gasteiger partial charge in [-0.15, -0.1) is 0 Å². The molecule has 0 radical (unpaired) electrons. The molecule has 10 atom stereocenters. The van der Waals surface area contributed by atoms with Crippen LogP contribution in [0.2, 0.25) is 0 Å². The Morgan fingerprint density at radius 2 is 1.04 bits per heavy atom. The maximum Gasteiger partial charge on any atom is 0.325 e. The lowest BCUT2D eigenvalue weighted by Gasteiger charge is -2.27. The summed E-state index contributed by atoms with van der Waals surface area (Å²) in [5.41, 5.74) is 11.2. The lowest BCUT2D eigenvalue weighted by Crippen LogP contribution is -2.61. The minimum absolute atomic E-state index is 0.0583. The Morgan fingerprint density at radius 1 is 0.558 bits per heavy atom. The average molecular weight is 748 g/mol. The molecule has 0 aromatic rings. The van der Waals surface area contributed by atoms with Crippen LogP contribution in [0.3, 0.4) is 0 Å². The number of amides is 7. The number of carboxylic acids is 1. The molecule has 0 bridgehead atoms. The quantitative estimate of drug-likeness (QED) is 0.0434. The number of carboxylic acid groups (broad SMARTS) is 1. The first-order chi connectivity index (χ1) is 24.0. The van der Waals surface area contributed by atoms with Gasteiger partial charge >= 0.3 is 5.97 Å². The zero-order valence-corrected chi connectivity index (χ0v) is 30.6. The second-order valence-corrected chi connectivity index (χ2v) is 12.9. The van der Waals surface area contributed by atoms with Crippen LogP contribution in [0.4, 0.5) is 0 Å². The van der Waals surface area contributed by atoms with E-state index in [1.807, 2.05) is 0 Å². The van der Waals surface area contributed by atoms with E-state index in [2.05, 4.69) is 37.2 Å². The van der Waals surface area contributed by atoms with Gasteiger partial charge in [0.05, 0.1) is 24.9 Å². The van der Waals surface area contributed by atoms with Gasteiger partial charge in [-0.1, -0.05) is 13.8 Å². The SMILES string of the molecule is CC(C)[C@H](NC(=O)CNC(=O)[C@H](CCCCN)NC(=O)[C@@H](NC(=O)[C@@H](N)[C@@H](C)O)[C@@H](C)O)C(=O)N[C@H](C(=O)N[C@@H](C)C(=O)N[C@@H](C)C(=O)O)[C@@H](C)O. The highest BCUT2D eigenvalue weighted by Crippen LogP contribution is 2.06. The molecule has 0 saturated heterocycles. The Balaban J connectivity index is 5.63. The Morgan fingerprint density at radius 3 is 1.50 bits per heavy atom. The Hall–Kier alpha value is -4.44. The van der Waals surface area contributed by atoms with Gasteiger partial charge < -0.3 is 69.1 Å². The van der Waals surface area contributed by atoms with E-state index in [-0.39, 0.29) is 13.0 Å². The monoisotopic (exact) mass is 747 g/mol. The fourth-order valence-electron chi connectivity index (χ4n) is 4.36. The van der Waals surface area contributed by atoms with Crippen molar-refractivity contribution in [1.29, 1.82) is 0 Å². The molecule has 21 heteroatoms. The molecule has 298 valence electrons. The number of hydrogen-bond acceptors (Lipinski definition) is 13. The van der Waals surface area contributed by atoms with Gasteiger partial charge in [-0.2, -0.15) is 0 Å². The molecule has 15 N–H and O–H groups in total. The molecule has 0 saturated carbocycles. The van der Waals surface area contributed by atoms with E-state index in [1.165, 1.54) is 34.6 Å². The third-order valence-electron chi connectivity index (χ3n) is 7.70. The first-order valence-corrected chi connectivity index (χ1v) is 16.9. The van der Waals surface area contributed by atoms with Crippen molar-refractivity contribution in [1.82, 2.24) is 37.2 Å². The van der Waals surface area contributed by atoms with Crippen molar-refractivity contribution in [3.8, 4) is 0 Å². The molecule has 7 amide bonds. The smallest absolute Gasteiger partial charge is 0.325 e. The minimum Gasteiger partial charge on any atom is -0.480 e. The molecule has 0 aliphatic carbocycles. The summed E-state index contributed by atoms with van der Waals surface area (Å²) in [6.45, 7) is 8.92. The number of carbonyl (C=O) groups excluding carboxylic acids is 7. The molecule has 0 aromatic heterocycles. The lowest BCUT2D eigenvalue weighted by molar-refractivity contribution is -0.141. The van der Waals surface area contributed by atoms with Gasteiger partial charge in [0.25, 0.3) is 0 Å². The van der Waals surface area contributed by atoms with Gasteiger partial charge in [0.2, 0.25) is 41.4 Å². The predicted octanol–water partition coefficient (Wildman–Crippen LogP) is -5.61. The summed E-state index contributed by atoms with van der Waals surface area (Å²) >= 11 is 0. The lowest BCUT2D eigenvalue weighted by atomic mass is 10.0. The minimum atomic E-state index is -1.59. The number of rotatable bonds is 23. The van der Waals surface area contributed by atoms with Gasteiger partial charge in [0, 0.05) is 0 Å². The van der Waals surface area contributed by atoms with Gasteiger partial charge in [-0.25, -0.2) is 0 Å². The second kappa shape index (κ2) is 23.2. The number of nitrogens with one attached hydrogen (secondary N) is 7. The largest absolute Gasteiger partial charge is 0.480 e. The Labute approximate surface area is 302 Å². The van der Waals surface area contributed by atoms with E-state index >= 15 is 0 Å². The first-order valence-electron chi connectivity index (χ1n) is 16.9. The summed E-state index contributed by atoms with van der Waals surface area (Å²) in [7, 11) is 0. The van der Waals surface area contributed by atoms with Crippen LogP contribution in [0.1, 0.15) is 67.7 Å². The molecule has 0 heterocycles. The maximum absolute atomic E-state index is 13.2. The molecule has 0 aromatic carbocycles. The summed E-state index contributed by atoms with van der Waals surface area (Å²) in [6, 6.07) is -9.56. The van der Waals surface area contributed by atoms with E-state index in [9.17, 15) is 53.7 Å². The fraction of sp³-hybridized carbons (Fsp3) is 0.742. The van der Waals surface area contributed by atoms with Gasteiger partial charge in [0.15, 0.2) is 0 Å².